The third-order valence-electron chi connectivity index (χ3n) is 5.51. The first kappa shape index (κ1) is 21.8. The molecule has 0 radical (unpaired) electrons. The number of hydrogen-bond acceptors (Lipinski definition) is 4. The van der Waals surface area contributed by atoms with Gasteiger partial charge in [0.05, 0.1) is 10.6 Å². The first-order chi connectivity index (χ1) is 15.3. The number of carbonyl (C=O) groups is 1. The molecule has 32 heavy (non-hydrogen) atoms. The lowest BCUT2D eigenvalue weighted by Gasteiger charge is -2.36. The van der Waals surface area contributed by atoms with Crippen LogP contribution in [0, 0.1) is 12.7 Å². The Morgan fingerprint density at radius 3 is 2.31 bits per heavy atom. The Labute approximate surface area is 187 Å². The molecule has 0 unspecified atom stereocenters. The first-order valence-corrected chi connectivity index (χ1v) is 11.8. The number of aryl methyl sites for hydroxylation is 1. The Kier molecular flexibility index (Phi) is 6.14. The van der Waals surface area contributed by atoms with E-state index in [2.05, 4.69) is 9.62 Å². The zero-order valence-electron chi connectivity index (χ0n) is 17.7. The maximum absolute atomic E-state index is 13.3. The molecule has 0 bridgehead atoms. The fourth-order valence-corrected chi connectivity index (χ4v) is 4.91. The number of benzene rings is 3. The molecule has 0 aromatic heterocycles. The highest BCUT2D eigenvalue weighted by Gasteiger charge is 2.24. The van der Waals surface area contributed by atoms with Crippen LogP contribution in [0.5, 0.6) is 0 Å². The van der Waals surface area contributed by atoms with Gasteiger partial charge in [-0.15, -0.1) is 0 Å². The molecule has 6 nitrogen and oxygen atoms in total. The number of rotatable bonds is 5. The molecule has 1 heterocycles. The Hall–Kier alpha value is -3.39. The van der Waals surface area contributed by atoms with Crippen molar-refractivity contribution < 1.29 is 17.6 Å². The molecule has 1 aliphatic heterocycles. The van der Waals surface area contributed by atoms with Crippen LogP contribution in [0.2, 0.25) is 0 Å². The van der Waals surface area contributed by atoms with Crippen molar-refractivity contribution in [2.24, 2.45) is 0 Å². The van der Waals surface area contributed by atoms with Crippen molar-refractivity contribution in [3.8, 4) is 0 Å². The van der Waals surface area contributed by atoms with E-state index in [0.29, 0.717) is 43.0 Å². The minimum atomic E-state index is -3.93. The Bertz CT molecular complexity index is 1220. The molecule has 0 spiro atoms. The van der Waals surface area contributed by atoms with Gasteiger partial charge < -0.3 is 9.80 Å². The molecule has 3 aromatic carbocycles. The number of nitrogens with one attached hydrogen (secondary N) is 1. The predicted molar refractivity (Wildman–Crippen MR) is 123 cm³/mol. The van der Waals surface area contributed by atoms with Crippen LogP contribution in [-0.4, -0.2) is 45.4 Å². The van der Waals surface area contributed by atoms with E-state index in [1.807, 2.05) is 30.3 Å². The third-order valence-corrected chi connectivity index (χ3v) is 6.88. The fourth-order valence-electron chi connectivity index (χ4n) is 3.73. The second-order valence-corrected chi connectivity index (χ2v) is 9.39. The molecule has 1 N–H and O–H groups in total. The lowest BCUT2D eigenvalue weighted by atomic mass is 10.1. The summed E-state index contributed by atoms with van der Waals surface area (Å²) in [5.41, 5.74) is 2.20. The maximum Gasteiger partial charge on any atom is 0.261 e. The van der Waals surface area contributed by atoms with Crippen molar-refractivity contribution in [3.63, 3.8) is 0 Å². The molecule has 0 saturated carbocycles. The highest BCUT2D eigenvalue weighted by molar-refractivity contribution is 7.92. The van der Waals surface area contributed by atoms with Gasteiger partial charge in [0.15, 0.2) is 0 Å². The molecule has 3 aromatic rings. The number of anilines is 2. The smallest absolute Gasteiger partial charge is 0.261 e. The van der Waals surface area contributed by atoms with Crippen LogP contribution in [0.1, 0.15) is 15.9 Å². The van der Waals surface area contributed by atoms with Gasteiger partial charge in [-0.3, -0.25) is 9.52 Å². The van der Waals surface area contributed by atoms with Gasteiger partial charge in [-0.1, -0.05) is 24.3 Å². The maximum atomic E-state index is 13.3. The third kappa shape index (κ3) is 4.75. The second-order valence-electron chi connectivity index (χ2n) is 7.71. The number of amides is 1. The first-order valence-electron chi connectivity index (χ1n) is 10.3. The van der Waals surface area contributed by atoms with E-state index in [9.17, 15) is 17.6 Å². The van der Waals surface area contributed by atoms with Gasteiger partial charge in [-0.2, -0.15) is 0 Å². The molecule has 8 heteroatoms. The predicted octanol–water partition coefficient (Wildman–Crippen LogP) is 3.90. The van der Waals surface area contributed by atoms with Gasteiger partial charge in [0.2, 0.25) is 0 Å². The van der Waals surface area contributed by atoms with Crippen molar-refractivity contribution in [1.29, 1.82) is 0 Å². The topological polar surface area (TPSA) is 69.7 Å². The average Bonchev–Trinajstić information content (AvgIpc) is 2.81. The number of halogens is 1. The summed E-state index contributed by atoms with van der Waals surface area (Å²) >= 11 is 0. The van der Waals surface area contributed by atoms with Crippen molar-refractivity contribution in [1.82, 2.24) is 4.90 Å². The van der Waals surface area contributed by atoms with Gasteiger partial charge in [-0.25, -0.2) is 12.8 Å². The van der Waals surface area contributed by atoms with Crippen molar-refractivity contribution in [2.75, 3.05) is 35.8 Å². The van der Waals surface area contributed by atoms with Crippen molar-refractivity contribution in [2.45, 2.75) is 11.8 Å². The molecule has 1 aliphatic rings. The number of piperazine rings is 1. The van der Waals surface area contributed by atoms with Crippen LogP contribution in [-0.2, 0) is 10.0 Å². The average molecular weight is 454 g/mol. The normalized spacial score (nSPS) is 14.3. The van der Waals surface area contributed by atoms with E-state index in [-0.39, 0.29) is 10.8 Å². The summed E-state index contributed by atoms with van der Waals surface area (Å²) in [6.07, 6.45) is 0. The number of sulfonamides is 1. The number of nitrogens with zero attached hydrogens (tertiary/aromatic N) is 2. The van der Waals surface area contributed by atoms with Gasteiger partial charge >= 0.3 is 0 Å². The zero-order chi connectivity index (χ0) is 22.7. The van der Waals surface area contributed by atoms with Gasteiger partial charge in [0, 0.05) is 37.4 Å². The van der Waals surface area contributed by atoms with Gasteiger partial charge in [-0.05, 0) is 61.0 Å². The van der Waals surface area contributed by atoms with Gasteiger partial charge in [0.25, 0.3) is 15.9 Å². The van der Waals surface area contributed by atoms with E-state index in [4.69, 9.17) is 0 Å². The summed E-state index contributed by atoms with van der Waals surface area (Å²) in [4.78, 5) is 17.0. The monoisotopic (exact) mass is 453 g/mol. The molecule has 1 fully saturated rings. The van der Waals surface area contributed by atoms with Crippen LogP contribution in [0.3, 0.4) is 0 Å². The molecule has 1 saturated heterocycles. The molecule has 1 amide bonds. The summed E-state index contributed by atoms with van der Waals surface area (Å²) < 4.78 is 41.5. The molecule has 0 atom stereocenters. The lowest BCUT2D eigenvalue weighted by Crippen LogP contribution is -2.48. The molecular weight excluding hydrogens is 429 g/mol. The standard InChI is InChI=1S/C24H24FN3O3S/c1-18-16-20(25)10-11-23(18)26-32(30,31)22-9-5-6-19(17-22)24(29)28-14-12-27(13-15-28)21-7-3-2-4-8-21/h2-11,16-17,26H,12-15H2,1H3. The van der Waals surface area contributed by atoms with Crippen LogP contribution in [0.25, 0.3) is 0 Å². The summed E-state index contributed by atoms with van der Waals surface area (Å²) in [7, 11) is -3.93. The zero-order valence-corrected chi connectivity index (χ0v) is 18.5. The van der Waals surface area contributed by atoms with E-state index < -0.39 is 15.8 Å². The highest BCUT2D eigenvalue weighted by atomic mass is 32.2. The molecule has 0 aliphatic carbocycles. The second kappa shape index (κ2) is 9.00. The van der Waals surface area contributed by atoms with Crippen LogP contribution in [0.4, 0.5) is 15.8 Å². The molecule has 4 rings (SSSR count). The van der Waals surface area contributed by atoms with E-state index in [1.165, 1.54) is 30.3 Å². The van der Waals surface area contributed by atoms with Crippen molar-refractivity contribution >= 4 is 27.3 Å². The molecular formula is C24H24FN3O3S. The minimum Gasteiger partial charge on any atom is -0.368 e. The Morgan fingerprint density at radius 2 is 1.62 bits per heavy atom. The summed E-state index contributed by atoms with van der Waals surface area (Å²) in [6, 6.07) is 19.8. The lowest BCUT2D eigenvalue weighted by molar-refractivity contribution is 0.0746. The Morgan fingerprint density at radius 1 is 0.906 bits per heavy atom. The van der Waals surface area contributed by atoms with Crippen LogP contribution in [0.15, 0.2) is 77.7 Å². The van der Waals surface area contributed by atoms with Crippen LogP contribution >= 0.6 is 0 Å². The SMILES string of the molecule is Cc1cc(F)ccc1NS(=O)(=O)c1cccc(C(=O)N2CCN(c3ccccc3)CC2)c1. The summed E-state index contributed by atoms with van der Waals surface area (Å²) in [5.74, 6) is -0.641. The fraction of sp³-hybridized carbons (Fsp3) is 0.208. The largest absolute Gasteiger partial charge is 0.368 e. The van der Waals surface area contributed by atoms with E-state index in [1.54, 1.807) is 24.0 Å². The number of hydrogen-bond donors (Lipinski definition) is 1. The van der Waals surface area contributed by atoms with Crippen LogP contribution < -0.4 is 9.62 Å². The number of para-hydroxylation sites is 1. The quantitative estimate of drug-likeness (QED) is 0.636. The Balaban J connectivity index is 1.47. The van der Waals surface area contributed by atoms with Crippen molar-refractivity contribution in [3.05, 3.63) is 89.7 Å². The summed E-state index contributed by atoms with van der Waals surface area (Å²) in [6.45, 7) is 4.14. The minimum absolute atomic E-state index is 0.0185. The van der Waals surface area contributed by atoms with E-state index in [0.717, 1.165) is 5.69 Å². The van der Waals surface area contributed by atoms with Gasteiger partial charge in [0.1, 0.15) is 5.82 Å². The highest BCUT2D eigenvalue weighted by Crippen LogP contribution is 2.22. The summed E-state index contributed by atoms with van der Waals surface area (Å²) in [5, 5.41) is 0. The molecule has 166 valence electrons. The number of carbonyl (C=O) groups excluding carboxylic acids is 1. The van der Waals surface area contributed by atoms with E-state index >= 15 is 0 Å².